The van der Waals surface area contributed by atoms with Crippen LogP contribution in [0.1, 0.15) is 24.2 Å². The van der Waals surface area contributed by atoms with Gasteiger partial charge in [0.1, 0.15) is 30.0 Å². The lowest BCUT2D eigenvalue weighted by molar-refractivity contribution is -0.125. The monoisotopic (exact) mass is 463 g/mol. The molecule has 7 nitrogen and oxygen atoms in total. The Bertz CT molecular complexity index is 1300. The summed E-state index contributed by atoms with van der Waals surface area (Å²) in [5.41, 5.74) is 3.28. The minimum atomic E-state index is -0.608. The van der Waals surface area contributed by atoms with Gasteiger partial charge in [-0.15, -0.1) is 0 Å². The first kappa shape index (κ1) is 23.3. The van der Waals surface area contributed by atoms with E-state index < -0.39 is 24.7 Å². The van der Waals surface area contributed by atoms with Crippen LogP contribution in [0.25, 0.3) is 16.6 Å². The van der Waals surface area contributed by atoms with Gasteiger partial charge in [-0.1, -0.05) is 12.1 Å². The van der Waals surface area contributed by atoms with Gasteiger partial charge in [-0.25, -0.2) is 9.07 Å². The van der Waals surface area contributed by atoms with Crippen LogP contribution >= 0.6 is 0 Å². The van der Waals surface area contributed by atoms with Crippen LogP contribution in [0.5, 0.6) is 11.5 Å². The highest BCUT2D eigenvalue weighted by atomic mass is 19.1. The Kier molecular flexibility index (Phi) is 6.79. The number of amides is 1. The van der Waals surface area contributed by atoms with E-state index in [-0.39, 0.29) is 5.82 Å². The Balaban J connectivity index is 1.70. The summed E-state index contributed by atoms with van der Waals surface area (Å²) >= 11 is 0. The van der Waals surface area contributed by atoms with Crippen LogP contribution < -0.4 is 14.8 Å². The van der Waals surface area contributed by atoms with E-state index in [2.05, 4.69) is 10.4 Å². The van der Waals surface area contributed by atoms with Crippen molar-refractivity contribution in [1.29, 1.82) is 0 Å². The smallest absolute Gasteiger partial charge is 0.246 e. The van der Waals surface area contributed by atoms with Gasteiger partial charge in [-0.3, -0.25) is 4.79 Å². The molecule has 4 aromatic rings. The highest BCUT2D eigenvalue weighted by Gasteiger charge is 2.24. The maximum absolute atomic E-state index is 13.3. The molecule has 0 radical (unpaired) electrons. The molecule has 3 aromatic carbocycles. The van der Waals surface area contributed by atoms with Gasteiger partial charge in [-0.05, 0) is 73.5 Å². The van der Waals surface area contributed by atoms with Crippen molar-refractivity contribution in [3.8, 4) is 17.2 Å². The van der Waals surface area contributed by atoms with Crippen molar-refractivity contribution in [3.05, 3.63) is 83.8 Å². The van der Waals surface area contributed by atoms with Crippen LogP contribution in [0.4, 0.5) is 4.39 Å². The van der Waals surface area contributed by atoms with Gasteiger partial charge in [0.15, 0.2) is 0 Å². The molecule has 1 aromatic heterocycles. The molecule has 0 saturated carbocycles. The summed E-state index contributed by atoms with van der Waals surface area (Å²) in [6, 6.07) is 17.0. The number of benzene rings is 3. The van der Waals surface area contributed by atoms with E-state index in [0.29, 0.717) is 11.5 Å². The number of carbonyl (C=O) groups is 1. The molecule has 176 valence electrons. The maximum Gasteiger partial charge on any atom is 0.246 e. The summed E-state index contributed by atoms with van der Waals surface area (Å²) in [4.78, 5) is 11.9. The molecule has 2 unspecified atom stereocenters. The molecule has 0 fully saturated rings. The standard InChI is InChI=1S/C26H26FN3O4/c1-16-11-23-19(14-28-30(23)21-9-7-20(27)8-10-21)13-24(16)34-26(17(2)29-25(32)15-31)18-5-4-6-22(12-18)33-3/h4-14,17,26,31H,15H2,1-3H3,(H,29,32). The number of aromatic nitrogens is 2. The molecular weight excluding hydrogens is 437 g/mol. The predicted octanol–water partition coefficient (Wildman–Crippen LogP) is 4.10. The number of methoxy groups -OCH3 is 1. The van der Waals surface area contributed by atoms with E-state index in [0.717, 1.165) is 27.7 Å². The number of hydrogen-bond donors (Lipinski definition) is 2. The van der Waals surface area contributed by atoms with Gasteiger partial charge in [0.05, 0.1) is 30.6 Å². The van der Waals surface area contributed by atoms with Crippen LogP contribution in [0.2, 0.25) is 0 Å². The zero-order valence-electron chi connectivity index (χ0n) is 19.2. The van der Waals surface area contributed by atoms with Crippen molar-refractivity contribution in [2.24, 2.45) is 0 Å². The number of nitrogens with one attached hydrogen (secondary N) is 1. The van der Waals surface area contributed by atoms with Crippen LogP contribution in [0, 0.1) is 12.7 Å². The predicted molar refractivity (Wildman–Crippen MR) is 127 cm³/mol. The number of hydrogen-bond acceptors (Lipinski definition) is 5. The summed E-state index contributed by atoms with van der Waals surface area (Å²) in [6.45, 7) is 3.14. The second-order valence-corrected chi connectivity index (χ2v) is 8.04. The highest BCUT2D eigenvalue weighted by Crippen LogP contribution is 2.33. The van der Waals surface area contributed by atoms with Crippen molar-refractivity contribution in [2.45, 2.75) is 26.0 Å². The van der Waals surface area contributed by atoms with Crippen LogP contribution in [-0.2, 0) is 4.79 Å². The lowest BCUT2D eigenvalue weighted by Gasteiger charge is -2.27. The Hall–Kier alpha value is -3.91. The molecule has 0 bridgehead atoms. The number of aliphatic hydroxyl groups excluding tert-OH is 1. The highest BCUT2D eigenvalue weighted by molar-refractivity contribution is 5.83. The second-order valence-electron chi connectivity index (χ2n) is 8.04. The van der Waals surface area contributed by atoms with Gasteiger partial charge in [-0.2, -0.15) is 5.10 Å². The first-order valence-corrected chi connectivity index (χ1v) is 10.8. The average Bonchev–Trinajstić information content (AvgIpc) is 3.25. The van der Waals surface area contributed by atoms with Crippen molar-refractivity contribution in [2.75, 3.05) is 13.7 Å². The van der Waals surface area contributed by atoms with Gasteiger partial charge >= 0.3 is 0 Å². The topological polar surface area (TPSA) is 85.6 Å². The molecule has 34 heavy (non-hydrogen) atoms. The molecule has 2 atom stereocenters. The molecule has 0 aliphatic heterocycles. The van der Waals surface area contributed by atoms with E-state index >= 15 is 0 Å². The van der Waals surface area contributed by atoms with Crippen LogP contribution in [0.15, 0.2) is 66.9 Å². The van der Waals surface area contributed by atoms with Crippen molar-refractivity contribution in [1.82, 2.24) is 15.1 Å². The van der Waals surface area contributed by atoms with E-state index in [4.69, 9.17) is 9.47 Å². The van der Waals surface area contributed by atoms with Crippen molar-refractivity contribution in [3.63, 3.8) is 0 Å². The minimum absolute atomic E-state index is 0.307. The van der Waals surface area contributed by atoms with Gasteiger partial charge in [0.25, 0.3) is 0 Å². The number of aliphatic hydroxyl groups is 1. The van der Waals surface area contributed by atoms with E-state index in [1.807, 2.05) is 50.2 Å². The molecule has 1 heterocycles. The van der Waals surface area contributed by atoms with E-state index in [1.165, 1.54) is 12.1 Å². The number of aryl methyl sites for hydroxylation is 1. The molecule has 1 amide bonds. The fraction of sp³-hybridized carbons (Fsp3) is 0.231. The normalized spacial score (nSPS) is 12.9. The lowest BCUT2D eigenvalue weighted by Crippen LogP contribution is -2.40. The molecule has 0 aliphatic rings. The van der Waals surface area contributed by atoms with Crippen molar-refractivity contribution >= 4 is 16.8 Å². The number of carbonyl (C=O) groups excluding carboxylic acids is 1. The summed E-state index contributed by atoms with van der Waals surface area (Å²) in [6.07, 6.45) is 1.18. The molecular formula is C26H26FN3O4. The largest absolute Gasteiger partial charge is 0.497 e. The third kappa shape index (κ3) is 4.87. The number of nitrogens with zero attached hydrogens (tertiary/aromatic N) is 2. The Labute approximate surface area is 196 Å². The second kappa shape index (κ2) is 9.93. The summed E-state index contributed by atoms with van der Waals surface area (Å²) in [7, 11) is 1.59. The Morgan fingerprint density at radius 1 is 1.18 bits per heavy atom. The SMILES string of the molecule is COc1cccc(C(Oc2cc3cnn(-c4ccc(F)cc4)c3cc2C)C(C)NC(=O)CO)c1. The first-order valence-electron chi connectivity index (χ1n) is 10.8. The molecule has 0 aliphatic carbocycles. The Morgan fingerprint density at radius 2 is 1.94 bits per heavy atom. The molecule has 0 spiro atoms. The number of rotatable bonds is 8. The van der Waals surface area contributed by atoms with Gasteiger partial charge in [0, 0.05) is 5.39 Å². The van der Waals surface area contributed by atoms with E-state index in [9.17, 15) is 14.3 Å². The third-order valence-corrected chi connectivity index (χ3v) is 5.60. The molecule has 8 heteroatoms. The zero-order chi connectivity index (χ0) is 24.2. The molecule has 4 rings (SSSR count). The zero-order valence-corrected chi connectivity index (χ0v) is 19.2. The summed E-state index contributed by atoms with van der Waals surface area (Å²) in [5.74, 6) is 0.499. The first-order chi connectivity index (χ1) is 16.4. The third-order valence-electron chi connectivity index (χ3n) is 5.60. The van der Waals surface area contributed by atoms with Crippen molar-refractivity contribution < 1.29 is 23.8 Å². The fourth-order valence-corrected chi connectivity index (χ4v) is 3.86. The van der Waals surface area contributed by atoms with Crippen LogP contribution in [0.3, 0.4) is 0 Å². The van der Waals surface area contributed by atoms with Gasteiger partial charge in [0.2, 0.25) is 5.91 Å². The fourth-order valence-electron chi connectivity index (χ4n) is 3.86. The number of ether oxygens (including phenoxy) is 2. The minimum Gasteiger partial charge on any atom is -0.497 e. The number of halogens is 1. The lowest BCUT2D eigenvalue weighted by atomic mass is 10.0. The summed E-state index contributed by atoms with van der Waals surface area (Å²) in [5, 5.41) is 17.3. The van der Waals surface area contributed by atoms with E-state index in [1.54, 1.807) is 30.1 Å². The molecule has 0 saturated heterocycles. The van der Waals surface area contributed by atoms with Crippen LogP contribution in [-0.4, -0.2) is 40.6 Å². The Morgan fingerprint density at radius 3 is 2.65 bits per heavy atom. The average molecular weight is 464 g/mol. The maximum atomic E-state index is 13.3. The number of fused-ring (bicyclic) bond motifs is 1. The summed E-state index contributed by atoms with van der Waals surface area (Å²) < 4.78 is 26.9. The van der Waals surface area contributed by atoms with Gasteiger partial charge < -0.3 is 19.9 Å². The molecule has 2 N–H and O–H groups in total. The quantitative estimate of drug-likeness (QED) is 0.411.